The SMILES string of the molecule is CCCCC/C=C\C/C=C\C/C=C\CCCCCCCCCCC(=O)OC1C(OCC(NC(=O)C(O)CCCCCCCCCCCCCCCC)C(O)/C=C/CCCCCCCCCCC)OC(CO)C(O)C1O. The van der Waals surface area contributed by atoms with Gasteiger partial charge in [-0.2, -0.15) is 0 Å². The van der Waals surface area contributed by atoms with Crippen molar-refractivity contribution in [1.82, 2.24) is 5.32 Å². The molecule has 1 aliphatic heterocycles. The highest BCUT2D eigenvalue weighted by Gasteiger charge is 2.47. The van der Waals surface area contributed by atoms with Gasteiger partial charge in [0.05, 0.1) is 25.4 Å². The van der Waals surface area contributed by atoms with Gasteiger partial charge in [-0.1, -0.05) is 262 Å². The molecule has 1 aliphatic rings. The van der Waals surface area contributed by atoms with Gasteiger partial charge in [-0.05, 0) is 64.2 Å². The Morgan fingerprint density at radius 2 is 0.920 bits per heavy atom. The second-order valence-corrected chi connectivity index (χ2v) is 21.8. The van der Waals surface area contributed by atoms with E-state index in [4.69, 9.17) is 14.2 Å². The van der Waals surface area contributed by atoms with Gasteiger partial charge in [0.1, 0.15) is 24.4 Å². The molecule has 6 N–H and O–H groups in total. The van der Waals surface area contributed by atoms with E-state index in [0.29, 0.717) is 19.3 Å². The van der Waals surface area contributed by atoms with E-state index in [1.54, 1.807) is 6.08 Å². The lowest BCUT2D eigenvalue weighted by Gasteiger charge is -2.41. The van der Waals surface area contributed by atoms with Crippen LogP contribution in [-0.2, 0) is 23.8 Å². The summed E-state index contributed by atoms with van der Waals surface area (Å²) in [6, 6.07) is -1.02. The Labute approximate surface area is 459 Å². The number of ether oxygens (including phenoxy) is 3. The molecule has 1 rings (SSSR count). The summed E-state index contributed by atoms with van der Waals surface area (Å²) in [4.78, 5) is 26.5. The first-order chi connectivity index (χ1) is 36.7. The Kier molecular flexibility index (Phi) is 49.3. The molecule has 0 saturated carbocycles. The Hall–Kier alpha value is -2.38. The second-order valence-electron chi connectivity index (χ2n) is 21.8. The predicted octanol–water partition coefficient (Wildman–Crippen LogP) is 14.8. The van der Waals surface area contributed by atoms with Crippen molar-refractivity contribution in [3.63, 3.8) is 0 Å². The summed E-state index contributed by atoms with van der Waals surface area (Å²) in [6.45, 7) is 5.76. The summed E-state index contributed by atoms with van der Waals surface area (Å²) in [5.74, 6) is -1.19. The zero-order valence-electron chi connectivity index (χ0n) is 48.4. The minimum Gasteiger partial charge on any atom is -0.454 e. The normalized spacial score (nSPS) is 19.5. The third-order valence-electron chi connectivity index (χ3n) is 14.7. The van der Waals surface area contributed by atoms with Crippen LogP contribution in [0.2, 0.25) is 0 Å². The standard InChI is InChI=1S/C64H117NO10/c1-4-7-10-13-16-19-22-24-26-27-28-29-30-31-32-34-37-40-43-46-49-52-59(69)75-62-61(71)60(70)58(53-66)74-64(62)73-54-55(56(67)50-47-44-41-38-35-21-18-15-12-9-6-3)65-63(72)57(68)51-48-45-42-39-36-33-25-23-20-17-14-11-8-5-2/h16,19,24,26,28-29,47,50,55-58,60-62,64,66-68,70-71H,4-15,17-18,20-23,25,27,30-46,48-49,51-54H2,1-3H3,(H,65,72)/b19-16-,26-24-,29-28-,50-47+. The monoisotopic (exact) mass is 1060 g/mol. The smallest absolute Gasteiger partial charge is 0.306 e. The van der Waals surface area contributed by atoms with Crippen LogP contribution in [0, 0.1) is 0 Å². The first-order valence-electron chi connectivity index (χ1n) is 31.4. The summed E-state index contributed by atoms with van der Waals surface area (Å²) in [6.07, 6.45) is 52.9. The van der Waals surface area contributed by atoms with Crippen molar-refractivity contribution >= 4 is 11.9 Å². The highest BCUT2D eigenvalue weighted by molar-refractivity contribution is 5.80. The molecule has 8 unspecified atom stereocenters. The van der Waals surface area contributed by atoms with Gasteiger partial charge in [0.25, 0.3) is 0 Å². The van der Waals surface area contributed by atoms with Crippen molar-refractivity contribution in [2.24, 2.45) is 0 Å². The summed E-state index contributed by atoms with van der Waals surface area (Å²) >= 11 is 0. The number of allylic oxidation sites excluding steroid dienone is 7. The number of aliphatic hydroxyl groups is 5. The van der Waals surface area contributed by atoms with Crippen LogP contribution in [0.25, 0.3) is 0 Å². The lowest BCUT2D eigenvalue weighted by atomic mass is 9.99. The van der Waals surface area contributed by atoms with Gasteiger partial charge in [0, 0.05) is 6.42 Å². The van der Waals surface area contributed by atoms with E-state index in [-0.39, 0.29) is 13.0 Å². The molecule has 1 heterocycles. The van der Waals surface area contributed by atoms with Gasteiger partial charge in [-0.25, -0.2) is 0 Å². The summed E-state index contributed by atoms with van der Waals surface area (Å²) in [5.41, 5.74) is 0. The molecule has 0 radical (unpaired) electrons. The highest BCUT2D eigenvalue weighted by atomic mass is 16.7. The number of hydrogen-bond acceptors (Lipinski definition) is 10. The highest BCUT2D eigenvalue weighted by Crippen LogP contribution is 2.26. The van der Waals surface area contributed by atoms with Crippen LogP contribution in [0.4, 0.5) is 0 Å². The molecule has 0 spiro atoms. The number of unbranched alkanes of at least 4 members (excludes halogenated alkanes) is 33. The molecule has 0 aliphatic carbocycles. The van der Waals surface area contributed by atoms with E-state index in [1.165, 1.54) is 154 Å². The van der Waals surface area contributed by atoms with Crippen molar-refractivity contribution in [3.05, 3.63) is 48.6 Å². The summed E-state index contributed by atoms with van der Waals surface area (Å²) in [7, 11) is 0. The van der Waals surface area contributed by atoms with Gasteiger partial charge in [0.2, 0.25) is 5.91 Å². The number of esters is 1. The number of rotatable bonds is 53. The van der Waals surface area contributed by atoms with Crippen molar-refractivity contribution in [3.8, 4) is 0 Å². The lowest BCUT2D eigenvalue weighted by molar-refractivity contribution is -0.305. The number of aliphatic hydroxyl groups excluding tert-OH is 5. The van der Waals surface area contributed by atoms with Crippen LogP contribution in [0.1, 0.15) is 284 Å². The van der Waals surface area contributed by atoms with E-state index >= 15 is 0 Å². The number of hydrogen-bond donors (Lipinski definition) is 6. The Morgan fingerprint density at radius 1 is 0.520 bits per heavy atom. The van der Waals surface area contributed by atoms with E-state index in [9.17, 15) is 35.1 Å². The molecule has 11 heteroatoms. The first-order valence-corrected chi connectivity index (χ1v) is 31.4. The quantitative estimate of drug-likeness (QED) is 0.0195. The molecule has 0 bridgehead atoms. The fraction of sp³-hybridized carbons (Fsp3) is 0.844. The largest absolute Gasteiger partial charge is 0.454 e. The zero-order chi connectivity index (χ0) is 54.7. The maximum Gasteiger partial charge on any atom is 0.306 e. The lowest BCUT2D eigenvalue weighted by Crippen LogP contribution is -2.61. The maximum atomic E-state index is 13.4. The molecule has 0 aromatic heterocycles. The van der Waals surface area contributed by atoms with E-state index < -0.39 is 67.4 Å². The number of nitrogens with one attached hydrogen (secondary N) is 1. The number of carbonyl (C=O) groups excluding carboxylic acids is 2. The molecule has 8 atom stereocenters. The number of carbonyl (C=O) groups is 2. The van der Waals surface area contributed by atoms with Gasteiger partial charge in [-0.15, -0.1) is 0 Å². The van der Waals surface area contributed by atoms with Crippen LogP contribution in [0.15, 0.2) is 48.6 Å². The molecule has 0 aromatic carbocycles. The van der Waals surface area contributed by atoms with Crippen LogP contribution >= 0.6 is 0 Å². The number of amides is 1. The van der Waals surface area contributed by atoms with E-state index in [0.717, 1.165) is 83.5 Å². The van der Waals surface area contributed by atoms with Gasteiger partial charge >= 0.3 is 5.97 Å². The van der Waals surface area contributed by atoms with Crippen molar-refractivity contribution in [2.45, 2.75) is 333 Å². The zero-order valence-corrected chi connectivity index (χ0v) is 48.4. The van der Waals surface area contributed by atoms with Gasteiger partial charge < -0.3 is 45.1 Å². The van der Waals surface area contributed by atoms with Gasteiger partial charge in [0.15, 0.2) is 12.4 Å². The van der Waals surface area contributed by atoms with Crippen LogP contribution in [0.3, 0.4) is 0 Å². The molecule has 0 aromatic rings. The van der Waals surface area contributed by atoms with Crippen molar-refractivity contribution < 1.29 is 49.3 Å². The fourth-order valence-corrected chi connectivity index (χ4v) is 9.72. The average Bonchev–Trinajstić information content (AvgIpc) is 3.41. The third kappa shape index (κ3) is 40.5. The Balaban J connectivity index is 2.64. The topological polar surface area (TPSA) is 175 Å². The average molecular weight is 1060 g/mol. The molecule has 1 amide bonds. The van der Waals surface area contributed by atoms with Crippen LogP contribution in [0.5, 0.6) is 0 Å². The van der Waals surface area contributed by atoms with E-state index in [2.05, 4.69) is 62.5 Å². The first kappa shape index (κ1) is 70.6. The third-order valence-corrected chi connectivity index (χ3v) is 14.7. The minimum atomic E-state index is -1.62. The molecule has 75 heavy (non-hydrogen) atoms. The van der Waals surface area contributed by atoms with Crippen LogP contribution in [-0.4, -0.2) is 99.6 Å². The van der Waals surface area contributed by atoms with E-state index in [1.807, 2.05) is 6.08 Å². The minimum absolute atomic E-state index is 0.116. The molecule has 1 fully saturated rings. The van der Waals surface area contributed by atoms with Crippen molar-refractivity contribution in [1.29, 1.82) is 0 Å². The maximum absolute atomic E-state index is 13.4. The molecular formula is C64H117NO10. The van der Waals surface area contributed by atoms with Gasteiger partial charge in [-0.3, -0.25) is 9.59 Å². The Morgan fingerprint density at radius 3 is 1.40 bits per heavy atom. The predicted molar refractivity (Wildman–Crippen MR) is 310 cm³/mol. The van der Waals surface area contributed by atoms with Crippen LogP contribution < -0.4 is 5.32 Å². The molecule has 11 nitrogen and oxygen atoms in total. The molecule has 1 saturated heterocycles. The fourth-order valence-electron chi connectivity index (χ4n) is 9.72. The molecule has 438 valence electrons. The second kappa shape index (κ2) is 52.3. The summed E-state index contributed by atoms with van der Waals surface area (Å²) < 4.78 is 17.6. The molecular weight excluding hydrogens is 943 g/mol. The Bertz CT molecular complexity index is 1400. The van der Waals surface area contributed by atoms with Crippen molar-refractivity contribution in [2.75, 3.05) is 13.2 Å². The summed E-state index contributed by atoms with van der Waals surface area (Å²) in [5, 5.41) is 56.9.